The molecule has 0 unspecified atom stereocenters. The SMILES string of the molecule is CCCNC(=O)Nc1cc(C(=O)OC)ccc1C. The summed E-state index contributed by atoms with van der Waals surface area (Å²) in [5.74, 6) is -0.424. The quantitative estimate of drug-likeness (QED) is 0.806. The highest BCUT2D eigenvalue weighted by atomic mass is 16.5. The first kappa shape index (κ1) is 14.0. The normalized spacial score (nSPS) is 9.72. The highest BCUT2D eigenvalue weighted by molar-refractivity contribution is 5.94. The summed E-state index contributed by atoms with van der Waals surface area (Å²) in [7, 11) is 1.32. The van der Waals surface area contributed by atoms with Crippen LogP contribution >= 0.6 is 0 Å². The first-order valence-electron chi connectivity index (χ1n) is 5.82. The van der Waals surface area contributed by atoms with Gasteiger partial charge in [0.25, 0.3) is 0 Å². The van der Waals surface area contributed by atoms with Gasteiger partial charge in [-0.25, -0.2) is 9.59 Å². The third kappa shape index (κ3) is 3.76. The van der Waals surface area contributed by atoms with Crippen LogP contribution in [0.2, 0.25) is 0 Å². The lowest BCUT2D eigenvalue weighted by Gasteiger charge is -2.10. The molecule has 0 aliphatic carbocycles. The fourth-order valence-electron chi connectivity index (χ4n) is 1.41. The summed E-state index contributed by atoms with van der Waals surface area (Å²) >= 11 is 0. The predicted molar refractivity (Wildman–Crippen MR) is 69.8 cm³/mol. The third-order valence-electron chi connectivity index (χ3n) is 2.44. The van der Waals surface area contributed by atoms with Crippen molar-refractivity contribution in [3.8, 4) is 0 Å². The van der Waals surface area contributed by atoms with Crippen molar-refractivity contribution in [1.29, 1.82) is 0 Å². The molecule has 0 aliphatic rings. The molecule has 1 aromatic carbocycles. The number of ether oxygens (including phenoxy) is 1. The van der Waals surface area contributed by atoms with Gasteiger partial charge in [-0.15, -0.1) is 0 Å². The fourth-order valence-corrected chi connectivity index (χ4v) is 1.41. The Labute approximate surface area is 107 Å². The lowest BCUT2D eigenvalue weighted by molar-refractivity contribution is 0.0600. The third-order valence-corrected chi connectivity index (χ3v) is 2.44. The van der Waals surface area contributed by atoms with Gasteiger partial charge in [0.05, 0.1) is 12.7 Å². The van der Waals surface area contributed by atoms with E-state index in [0.29, 0.717) is 17.8 Å². The highest BCUT2D eigenvalue weighted by Gasteiger charge is 2.09. The largest absolute Gasteiger partial charge is 0.465 e. The minimum atomic E-state index is -0.424. The monoisotopic (exact) mass is 250 g/mol. The number of benzene rings is 1. The van der Waals surface area contributed by atoms with E-state index in [0.717, 1.165) is 12.0 Å². The van der Waals surface area contributed by atoms with Crippen molar-refractivity contribution in [3.63, 3.8) is 0 Å². The van der Waals surface area contributed by atoms with E-state index in [1.54, 1.807) is 18.2 Å². The van der Waals surface area contributed by atoms with Crippen LogP contribution in [0, 0.1) is 6.92 Å². The van der Waals surface area contributed by atoms with Crippen molar-refractivity contribution in [2.24, 2.45) is 0 Å². The average Bonchev–Trinajstić information content (AvgIpc) is 2.38. The number of methoxy groups -OCH3 is 1. The summed E-state index contributed by atoms with van der Waals surface area (Å²) in [6, 6.07) is 4.76. The lowest BCUT2D eigenvalue weighted by atomic mass is 10.1. The van der Waals surface area contributed by atoms with E-state index in [4.69, 9.17) is 0 Å². The van der Waals surface area contributed by atoms with Gasteiger partial charge in [0.1, 0.15) is 0 Å². The van der Waals surface area contributed by atoms with Crippen LogP contribution in [-0.2, 0) is 4.74 Å². The second-order valence-electron chi connectivity index (χ2n) is 3.90. The van der Waals surface area contributed by atoms with Crippen molar-refractivity contribution in [2.45, 2.75) is 20.3 Å². The number of carbonyl (C=O) groups excluding carboxylic acids is 2. The van der Waals surface area contributed by atoms with E-state index in [9.17, 15) is 9.59 Å². The van der Waals surface area contributed by atoms with Gasteiger partial charge in [-0.05, 0) is 31.0 Å². The standard InChI is InChI=1S/C13H18N2O3/c1-4-7-14-13(17)15-11-8-10(12(16)18-3)6-5-9(11)2/h5-6,8H,4,7H2,1-3H3,(H2,14,15,17). The van der Waals surface area contributed by atoms with Gasteiger partial charge in [0.15, 0.2) is 0 Å². The molecule has 0 radical (unpaired) electrons. The molecule has 2 N–H and O–H groups in total. The van der Waals surface area contributed by atoms with Crippen molar-refractivity contribution in [3.05, 3.63) is 29.3 Å². The topological polar surface area (TPSA) is 67.4 Å². The number of urea groups is 1. The Kier molecular flexibility index (Phi) is 5.17. The highest BCUT2D eigenvalue weighted by Crippen LogP contribution is 2.17. The Morgan fingerprint density at radius 3 is 2.67 bits per heavy atom. The molecule has 0 atom stereocenters. The molecule has 2 amide bonds. The van der Waals surface area contributed by atoms with Gasteiger partial charge in [-0.3, -0.25) is 0 Å². The molecule has 5 heteroatoms. The molecule has 0 bridgehead atoms. The van der Waals surface area contributed by atoms with Crippen LogP contribution in [0.15, 0.2) is 18.2 Å². The molecule has 98 valence electrons. The summed E-state index contributed by atoms with van der Waals surface area (Å²) < 4.78 is 4.63. The molecule has 0 heterocycles. The van der Waals surface area contributed by atoms with E-state index in [1.807, 2.05) is 13.8 Å². The van der Waals surface area contributed by atoms with Gasteiger partial charge in [0, 0.05) is 12.2 Å². The number of carbonyl (C=O) groups is 2. The zero-order valence-electron chi connectivity index (χ0n) is 10.9. The maximum atomic E-state index is 11.5. The number of anilines is 1. The second kappa shape index (κ2) is 6.64. The Hall–Kier alpha value is -2.04. The lowest BCUT2D eigenvalue weighted by Crippen LogP contribution is -2.29. The molecule has 0 saturated carbocycles. The maximum Gasteiger partial charge on any atom is 0.337 e. The number of hydrogen-bond acceptors (Lipinski definition) is 3. The Bertz CT molecular complexity index is 444. The smallest absolute Gasteiger partial charge is 0.337 e. The van der Waals surface area contributed by atoms with Crippen LogP contribution in [-0.4, -0.2) is 25.7 Å². The van der Waals surface area contributed by atoms with Crippen LogP contribution < -0.4 is 10.6 Å². The summed E-state index contributed by atoms with van der Waals surface area (Å²) in [5, 5.41) is 5.41. The fraction of sp³-hybridized carbons (Fsp3) is 0.385. The number of esters is 1. The molecule has 18 heavy (non-hydrogen) atoms. The summed E-state index contributed by atoms with van der Waals surface area (Å²) in [4.78, 5) is 22.9. The summed E-state index contributed by atoms with van der Waals surface area (Å²) in [6.45, 7) is 4.45. The average molecular weight is 250 g/mol. The van der Waals surface area contributed by atoms with Crippen LogP contribution in [0.3, 0.4) is 0 Å². The summed E-state index contributed by atoms with van der Waals surface area (Å²) in [5.41, 5.74) is 1.90. The predicted octanol–water partition coefficient (Wildman–Crippen LogP) is 2.31. The molecular weight excluding hydrogens is 232 g/mol. The molecule has 0 aliphatic heterocycles. The first-order valence-corrected chi connectivity index (χ1v) is 5.82. The minimum Gasteiger partial charge on any atom is -0.465 e. The van der Waals surface area contributed by atoms with Crippen LogP contribution in [0.5, 0.6) is 0 Å². The molecular formula is C13H18N2O3. The number of rotatable bonds is 4. The Balaban J connectivity index is 2.81. The van der Waals surface area contributed by atoms with Crippen molar-refractivity contribution in [1.82, 2.24) is 5.32 Å². The van der Waals surface area contributed by atoms with E-state index in [1.165, 1.54) is 7.11 Å². The van der Waals surface area contributed by atoms with Crippen molar-refractivity contribution < 1.29 is 14.3 Å². The number of hydrogen-bond donors (Lipinski definition) is 2. The molecule has 0 aromatic heterocycles. The molecule has 0 saturated heterocycles. The van der Waals surface area contributed by atoms with Gasteiger partial charge < -0.3 is 15.4 Å². The van der Waals surface area contributed by atoms with E-state index < -0.39 is 5.97 Å². The number of amides is 2. The minimum absolute atomic E-state index is 0.276. The van der Waals surface area contributed by atoms with Crippen molar-refractivity contribution in [2.75, 3.05) is 19.0 Å². The first-order chi connectivity index (χ1) is 8.58. The Morgan fingerprint density at radius 1 is 1.33 bits per heavy atom. The van der Waals surface area contributed by atoms with Gasteiger partial charge in [0.2, 0.25) is 0 Å². The van der Waals surface area contributed by atoms with E-state index in [-0.39, 0.29) is 6.03 Å². The van der Waals surface area contributed by atoms with E-state index in [2.05, 4.69) is 15.4 Å². The van der Waals surface area contributed by atoms with Gasteiger partial charge in [-0.2, -0.15) is 0 Å². The van der Waals surface area contributed by atoms with Crippen LogP contribution in [0.1, 0.15) is 29.3 Å². The van der Waals surface area contributed by atoms with Crippen LogP contribution in [0.25, 0.3) is 0 Å². The molecule has 0 fully saturated rings. The zero-order valence-corrected chi connectivity index (χ0v) is 10.9. The second-order valence-corrected chi connectivity index (χ2v) is 3.90. The molecule has 1 aromatic rings. The Morgan fingerprint density at radius 2 is 2.06 bits per heavy atom. The van der Waals surface area contributed by atoms with Crippen LogP contribution in [0.4, 0.5) is 10.5 Å². The maximum absolute atomic E-state index is 11.5. The number of nitrogens with one attached hydrogen (secondary N) is 2. The molecule has 1 rings (SSSR count). The molecule has 0 spiro atoms. The van der Waals surface area contributed by atoms with Gasteiger partial charge >= 0.3 is 12.0 Å². The zero-order chi connectivity index (χ0) is 13.5. The summed E-state index contributed by atoms with van der Waals surface area (Å²) in [6.07, 6.45) is 0.870. The van der Waals surface area contributed by atoms with E-state index >= 15 is 0 Å². The molecule has 5 nitrogen and oxygen atoms in total. The van der Waals surface area contributed by atoms with Crippen molar-refractivity contribution >= 4 is 17.7 Å². The van der Waals surface area contributed by atoms with Gasteiger partial charge in [-0.1, -0.05) is 13.0 Å². The number of aryl methyl sites for hydroxylation is 1.